The summed E-state index contributed by atoms with van der Waals surface area (Å²) in [5, 5.41) is 3.51. The molecule has 0 bridgehead atoms. The molecule has 25 heavy (non-hydrogen) atoms. The molecule has 1 atom stereocenters. The number of hydrogen-bond donors (Lipinski definition) is 1. The van der Waals surface area contributed by atoms with Crippen LogP contribution >= 0.6 is 24.8 Å². The lowest BCUT2D eigenvalue weighted by atomic mass is 9.79. The highest BCUT2D eigenvalue weighted by atomic mass is 35.5. The van der Waals surface area contributed by atoms with E-state index in [9.17, 15) is 0 Å². The molecule has 1 aromatic carbocycles. The van der Waals surface area contributed by atoms with E-state index in [1.165, 1.54) is 50.8 Å². The van der Waals surface area contributed by atoms with Gasteiger partial charge < -0.3 is 5.32 Å². The van der Waals surface area contributed by atoms with Crippen molar-refractivity contribution in [1.82, 2.24) is 10.2 Å². The van der Waals surface area contributed by atoms with Crippen molar-refractivity contribution in [2.45, 2.75) is 64.3 Å². The van der Waals surface area contributed by atoms with Crippen LogP contribution < -0.4 is 5.32 Å². The molecule has 2 fully saturated rings. The van der Waals surface area contributed by atoms with E-state index in [0.717, 1.165) is 19.0 Å². The summed E-state index contributed by atoms with van der Waals surface area (Å²) in [5.41, 5.74) is 3.24. The van der Waals surface area contributed by atoms with Gasteiger partial charge in [0.05, 0.1) is 0 Å². The fourth-order valence-corrected chi connectivity index (χ4v) is 4.37. The Balaban J connectivity index is 0.00000156. The zero-order valence-corrected chi connectivity index (χ0v) is 17.7. The SMILES string of the molecule is CC(C)(C)c1ccc([C@H](C2CCCCC2)N2CCNCC2)cc1.Cl.Cl. The zero-order chi connectivity index (χ0) is 16.3. The minimum absolute atomic E-state index is 0. The first kappa shape index (κ1) is 22.8. The Morgan fingerprint density at radius 3 is 2.00 bits per heavy atom. The lowest BCUT2D eigenvalue weighted by Gasteiger charge is -2.41. The molecule has 0 radical (unpaired) electrons. The molecule has 1 aliphatic carbocycles. The highest BCUT2D eigenvalue weighted by Crippen LogP contribution is 2.39. The Kier molecular flexibility index (Phi) is 9.25. The highest BCUT2D eigenvalue weighted by molar-refractivity contribution is 5.85. The Morgan fingerprint density at radius 2 is 1.48 bits per heavy atom. The minimum atomic E-state index is 0. The molecule has 1 N–H and O–H groups in total. The molecule has 0 amide bonds. The summed E-state index contributed by atoms with van der Waals surface area (Å²) in [6.07, 6.45) is 7.11. The van der Waals surface area contributed by atoms with E-state index in [0.29, 0.717) is 6.04 Å². The van der Waals surface area contributed by atoms with Crippen LogP contribution in [0.5, 0.6) is 0 Å². The van der Waals surface area contributed by atoms with Crippen molar-refractivity contribution in [3.8, 4) is 0 Å². The van der Waals surface area contributed by atoms with Crippen molar-refractivity contribution in [3.63, 3.8) is 0 Å². The lowest BCUT2D eigenvalue weighted by Crippen LogP contribution is -2.47. The van der Waals surface area contributed by atoms with Crippen LogP contribution in [-0.4, -0.2) is 31.1 Å². The van der Waals surface area contributed by atoms with Crippen molar-refractivity contribution in [2.24, 2.45) is 5.92 Å². The predicted octanol–water partition coefficient (Wildman–Crippen LogP) is 5.35. The van der Waals surface area contributed by atoms with Gasteiger partial charge in [-0.25, -0.2) is 0 Å². The Labute approximate surface area is 167 Å². The molecule has 3 rings (SSSR count). The van der Waals surface area contributed by atoms with Gasteiger partial charge in [0.15, 0.2) is 0 Å². The molecule has 144 valence electrons. The average molecular weight is 387 g/mol. The standard InChI is InChI=1S/C21H34N2.2ClH/c1-21(2,3)19-11-9-18(10-12-19)20(17-7-5-4-6-8-17)23-15-13-22-14-16-23;;/h9-12,17,20,22H,4-8,13-16H2,1-3H3;2*1H/t20-;;/m0../s1. The normalized spacial score (nSPS) is 21.1. The number of rotatable bonds is 3. The molecular formula is C21H36Cl2N2. The monoisotopic (exact) mass is 386 g/mol. The zero-order valence-electron chi connectivity index (χ0n) is 16.1. The molecule has 0 spiro atoms. The molecule has 1 aliphatic heterocycles. The second-order valence-electron chi connectivity index (χ2n) is 8.50. The van der Waals surface area contributed by atoms with E-state index < -0.39 is 0 Å². The summed E-state index contributed by atoms with van der Waals surface area (Å²) in [6, 6.07) is 10.2. The molecule has 4 heteroatoms. The predicted molar refractivity (Wildman–Crippen MR) is 113 cm³/mol. The first-order valence-corrected chi connectivity index (χ1v) is 9.61. The molecule has 0 unspecified atom stereocenters. The van der Waals surface area contributed by atoms with Gasteiger partial charge in [0, 0.05) is 32.2 Å². The quantitative estimate of drug-likeness (QED) is 0.752. The number of hydrogen-bond acceptors (Lipinski definition) is 2. The molecule has 2 nitrogen and oxygen atoms in total. The van der Waals surface area contributed by atoms with Gasteiger partial charge >= 0.3 is 0 Å². The topological polar surface area (TPSA) is 15.3 Å². The van der Waals surface area contributed by atoms with E-state index in [2.05, 4.69) is 55.3 Å². The van der Waals surface area contributed by atoms with Crippen molar-refractivity contribution in [1.29, 1.82) is 0 Å². The van der Waals surface area contributed by atoms with Gasteiger partial charge in [-0.05, 0) is 35.3 Å². The van der Waals surface area contributed by atoms with Gasteiger partial charge in [0.2, 0.25) is 0 Å². The van der Waals surface area contributed by atoms with Gasteiger partial charge in [-0.15, -0.1) is 24.8 Å². The largest absolute Gasteiger partial charge is 0.314 e. The number of nitrogens with one attached hydrogen (secondary N) is 1. The first-order valence-electron chi connectivity index (χ1n) is 9.61. The lowest BCUT2D eigenvalue weighted by molar-refractivity contribution is 0.103. The Morgan fingerprint density at radius 1 is 0.920 bits per heavy atom. The van der Waals surface area contributed by atoms with Gasteiger partial charge in [-0.3, -0.25) is 4.90 Å². The van der Waals surface area contributed by atoms with Gasteiger partial charge in [-0.1, -0.05) is 64.3 Å². The average Bonchev–Trinajstić information content (AvgIpc) is 2.57. The summed E-state index contributed by atoms with van der Waals surface area (Å²) < 4.78 is 0. The summed E-state index contributed by atoms with van der Waals surface area (Å²) in [6.45, 7) is 11.6. The molecule has 0 aromatic heterocycles. The van der Waals surface area contributed by atoms with Crippen molar-refractivity contribution < 1.29 is 0 Å². The van der Waals surface area contributed by atoms with E-state index in [4.69, 9.17) is 0 Å². The molecular weight excluding hydrogens is 351 g/mol. The Hall–Kier alpha value is -0.280. The van der Waals surface area contributed by atoms with Crippen molar-refractivity contribution >= 4 is 24.8 Å². The maximum Gasteiger partial charge on any atom is 0.0377 e. The summed E-state index contributed by atoms with van der Waals surface area (Å²) in [5.74, 6) is 0.849. The van der Waals surface area contributed by atoms with Crippen molar-refractivity contribution in [3.05, 3.63) is 35.4 Å². The highest BCUT2D eigenvalue weighted by Gasteiger charge is 2.31. The van der Waals surface area contributed by atoms with E-state index in [-0.39, 0.29) is 30.2 Å². The van der Waals surface area contributed by atoms with Crippen LogP contribution in [0.2, 0.25) is 0 Å². The van der Waals surface area contributed by atoms with Crippen LogP contribution in [0.25, 0.3) is 0 Å². The molecule has 2 aliphatic rings. The fourth-order valence-electron chi connectivity index (χ4n) is 4.37. The van der Waals surface area contributed by atoms with Crippen molar-refractivity contribution in [2.75, 3.05) is 26.2 Å². The van der Waals surface area contributed by atoms with Crippen LogP contribution in [0.1, 0.15) is 70.0 Å². The van der Waals surface area contributed by atoms with Crippen LogP contribution in [0.15, 0.2) is 24.3 Å². The second kappa shape index (κ2) is 10.2. The molecule has 1 saturated carbocycles. The first-order chi connectivity index (χ1) is 11.1. The third kappa shape index (κ3) is 5.85. The summed E-state index contributed by atoms with van der Waals surface area (Å²) in [7, 11) is 0. The van der Waals surface area contributed by atoms with Gasteiger partial charge in [-0.2, -0.15) is 0 Å². The number of halogens is 2. The number of piperazine rings is 1. The number of benzene rings is 1. The van der Waals surface area contributed by atoms with Gasteiger partial charge in [0.25, 0.3) is 0 Å². The van der Waals surface area contributed by atoms with Crippen LogP contribution in [0.3, 0.4) is 0 Å². The van der Waals surface area contributed by atoms with E-state index in [1.807, 2.05) is 0 Å². The second-order valence-corrected chi connectivity index (χ2v) is 8.50. The fraction of sp³-hybridized carbons (Fsp3) is 0.714. The molecule has 1 heterocycles. The third-order valence-corrected chi connectivity index (χ3v) is 5.76. The number of nitrogens with zero attached hydrogens (tertiary/aromatic N) is 1. The summed E-state index contributed by atoms with van der Waals surface area (Å²) >= 11 is 0. The van der Waals surface area contributed by atoms with E-state index >= 15 is 0 Å². The summed E-state index contributed by atoms with van der Waals surface area (Å²) in [4.78, 5) is 2.75. The third-order valence-electron chi connectivity index (χ3n) is 5.76. The maximum absolute atomic E-state index is 3.51. The van der Waals surface area contributed by atoms with Crippen LogP contribution in [0.4, 0.5) is 0 Å². The van der Waals surface area contributed by atoms with Crippen LogP contribution in [0, 0.1) is 5.92 Å². The Bertz CT molecular complexity index is 466. The minimum Gasteiger partial charge on any atom is -0.314 e. The maximum atomic E-state index is 3.51. The van der Waals surface area contributed by atoms with E-state index in [1.54, 1.807) is 5.56 Å². The van der Waals surface area contributed by atoms with Gasteiger partial charge in [0.1, 0.15) is 0 Å². The van der Waals surface area contributed by atoms with Crippen LogP contribution in [-0.2, 0) is 5.41 Å². The smallest absolute Gasteiger partial charge is 0.0377 e. The molecule has 1 saturated heterocycles. The molecule has 1 aromatic rings.